The molecule has 11 heteroatoms. The van der Waals surface area contributed by atoms with E-state index in [0.29, 0.717) is 18.3 Å². The summed E-state index contributed by atoms with van der Waals surface area (Å²) < 4.78 is 68.6. The van der Waals surface area contributed by atoms with Gasteiger partial charge in [-0.1, -0.05) is 24.3 Å². The van der Waals surface area contributed by atoms with Crippen molar-refractivity contribution in [1.82, 2.24) is 10.6 Å². The van der Waals surface area contributed by atoms with Crippen LogP contribution in [0.2, 0.25) is 0 Å². The lowest BCUT2D eigenvalue weighted by Crippen LogP contribution is -2.53. The van der Waals surface area contributed by atoms with Gasteiger partial charge in [0.1, 0.15) is 17.2 Å². The second-order valence-electron chi connectivity index (χ2n) is 11.1. The van der Waals surface area contributed by atoms with Crippen LogP contribution < -0.4 is 16.1 Å². The zero-order chi connectivity index (χ0) is 26.4. The maximum Gasteiger partial charge on any atom is 0.494 e. The molecule has 0 radical (unpaired) electrons. The normalized spacial score (nSPS) is 22.3. The number of nitrogens with zero attached hydrogens (tertiary/aromatic N) is 1. The van der Waals surface area contributed by atoms with Gasteiger partial charge in [0, 0.05) is 6.42 Å². The molecular formula is C24H32BF4N3O3. The lowest BCUT2D eigenvalue weighted by atomic mass is 9.78. The minimum absolute atomic E-state index is 0.145. The van der Waals surface area contributed by atoms with Crippen molar-refractivity contribution in [1.29, 1.82) is 5.26 Å². The molecule has 1 amide bonds. The average Bonchev–Trinajstić information content (AvgIpc) is 3.43. The van der Waals surface area contributed by atoms with Gasteiger partial charge in [-0.3, -0.25) is 10.1 Å². The summed E-state index contributed by atoms with van der Waals surface area (Å²) in [7, 11) is -0.738. The number of hydrogen-bond donors (Lipinski definition) is 2. The van der Waals surface area contributed by atoms with E-state index in [0.717, 1.165) is 0 Å². The molecular weight excluding hydrogens is 465 g/mol. The molecule has 2 atom stereocenters. The molecule has 0 bridgehead atoms. The van der Waals surface area contributed by atoms with Gasteiger partial charge in [-0.15, -0.1) is 0 Å². The Morgan fingerprint density at radius 1 is 1.09 bits per heavy atom. The highest BCUT2D eigenvalue weighted by molar-refractivity contribution is 6.62. The molecule has 1 aliphatic heterocycles. The summed E-state index contributed by atoms with van der Waals surface area (Å²) in [6, 6.07) is 3.78. The number of hydrogen-bond acceptors (Lipinski definition) is 5. The Bertz CT molecular complexity index is 964. The number of halogens is 4. The van der Waals surface area contributed by atoms with Crippen LogP contribution in [-0.4, -0.2) is 47.7 Å². The van der Waals surface area contributed by atoms with E-state index in [1.807, 2.05) is 33.8 Å². The van der Waals surface area contributed by atoms with Gasteiger partial charge in [-0.2, -0.15) is 18.4 Å². The lowest BCUT2D eigenvalue weighted by molar-refractivity contribution is -0.161. The van der Waals surface area contributed by atoms with Crippen molar-refractivity contribution in [2.75, 3.05) is 0 Å². The Morgan fingerprint density at radius 2 is 1.60 bits per heavy atom. The number of nitriles is 1. The zero-order valence-electron chi connectivity index (χ0n) is 20.8. The van der Waals surface area contributed by atoms with E-state index in [1.165, 1.54) is 38.1 Å². The maximum atomic E-state index is 14.4. The fourth-order valence-corrected chi connectivity index (χ4v) is 3.83. The van der Waals surface area contributed by atoms with Crippen LogP contribution in [0.3, 0.4) is 0 Å². The van der Waals surface area contributed by atoms with Crippen LogP contribution in [0.1, 0.15) is 72.4 Å². The van der Waals surface area contributed by atoms with E-state index in [9.17, 15) is 27.6 Å². The first-order valence-corrected chi connectivity index (χ1v) is 11.6. The summed E-state index contributed by atoms with van der Waals surface area (Å²) in [5, 5.41) is 14.0. The van der Waals surface area contributed by atoms with Crippen molar-refractivity contribution in [3.8, 4) is 6.07 Å². The Balaban J connectivity index is 1.83. The summed E-state index contributed by atoms with van der Waals surface area (Å²) in [5.74, 6) is -0.835. The van der Waals surface area contributed by atoms with E-state index in [-0.39, 0.29) is 5.56 Å². The number of amides is 1. The fourth-order valence-electron chi connectivity index (χ4n) is 3.83. The van der Waals surface area contributed by atoms with E-state index in [1.54, 1.807) is 0 Å². The van der Waals surface area contributed by atoms with Gasteiger partial charge in [0.2, 0.25) is 5.91 Å². The third kappa shape index (κ3) is 6.35. The van der Waals surface area contributed by atoms with E-state index < -0.39 is 60.1 Å². The monoisotopic (exact) mass is 497 g/mol. The predicted octanol–water partition coefficient (Wildman–Crippen LogP) is 3.86. The Morgan fingerprint density at radius 3 is 2.00 bits per heavy atom. The van der Waals surface area contributed by atoms with Gasteiger partial charge in [-0.25, -0.2) is 4.39 Å². The SMILES string of the molecule is CC(C)(F)C[C@H](N[C@@H](c1ccc(B2OC(C)(C)C(C)(C)O2)cc1)C(F)(F)F)C(=O)NC1(C#N)CC1. The molecule has 2 fully saturated rings. The van der Waals surface area contributed by atoms with Crippen LogP contribution in [0.25, 0.3) is 0 Å². The van der Waals surface area contributed by atoms with Gasteiger partial charge in [0.15, 0.2) is 0 Å². The highest BCUT2D eigenvalue weighted by atomic mass is 19.4. The molecule has 2 aliphatic rings. The van der Waals surface area contributed by atoms with Crippen molar-refractivity contribution < 1.29 is 31.7 Å². The van der Waals surface area contributed by atoms with Gasteiger partial charge < -0.3 is 14.6 Å². The van der Waals surface area contributed by atoms with Crippen LogP contribution in [0.5, 0.6) is 0 Å². The predicted molar refractivity (Wildman–Crippen MR) is 123 cm³/mol. The van der Waals surface area contributed by atoms with E-state index >= 15 is 0 Å². The first kappa shape index (κ1) is 27.4. The topological polar surface area (TPSA) is 83.4 Å². The van der Waals surface area contributed by atoms with Crippen LogP contribution in [0.15, 0.2) is 24.3 Å². The second kappa shape index (κ2) is 9.05. The maximum absolute atomic E-state index is 14.4. The molecule has 35 heavy (non-hydrogen) atoms. The number of benzene rings is 1. The molecule has 1 heterocycles. The first-order chi connectivity index (χ1) is 15.9. The fraction of sp³-hybridized carbons (Fsp3) is 0.667. The summed E-state index contributed by atoms with van der Waals surface area (Å²) >= 11 is 0. The molecule has 1 saturated carbocycles. The average molecular weight is 497 g/mol. The third-order valence-corrected chi connectivity index (χ3v) is 6.82. The zero-order valence-corrected chi connectivity index (χ0v) is 20.8. The van der Waals surface area contributed by atoms with Crippen molar-refractivity contribution in [3.05, 3.63) is 29.8 Å². The van der Waals surface area contributed by atoms with Crippen molar-refractivity contribution in [3.63, 3.8) is 0 Å². The molecule has 1 aromatic rings. The Labute approximate surface area is 203 Å². The summed E-state index contributed by atoms with van der Waals surface area (Å²) in [6.45, 7) is 9.88. The van der Waals surface area contributed by atoms with E-state index in [4.69, 9.17) is 9.31 Å². The van der Waals surface area contributed by atoms with Gasteiger partial charge in [0.25, 0.3) is 0 Å². The van der Waals surface area contributed by atoms with Crippen LogP contribution in [0, 0.1) is 11.3 Å². The summed E-state index contributed by atoms with van der Waals surface area (Å²) in [6.07, 6.45) is -4.45. The van der Waals surface area contributed by atoms with Gasteiger partial charge >= 0.3 is 13.3 Å². The molecule has 1 saturated heterocycles. The molecule has 1 aromatic carbocycles. The molecule has 1 aliphatic carbocycles. The molecule has 2 N–H and O–H groups in total. The molecule has 6 nitrogen and oxygen atoms in total. The summed E-state index contributed by atoms with van der Waals surface area (Å²) in [5.41, 5.74) is -3.81. The van der Waals surface area contributed by atoms with Gasteiger partial charge in [-0.05, 0) is 65.4 Å². The Kier molecular flexibility index (Phi) is 7.10. The standard InChI is InChI=1S/C24H32BF4N3O3/c1-20(2,26)13-17(19(33)32-23(14-30)11-12-23)31-18(24(27,28)29)15-7-9-16(10-8-15)25-34-21(3,4)22(5,6)35-25/h7-10,17-18,31H,11-13H2,1-6H3,(H,32,33)/t17-,18-/m0/s1. The van der Waals surface area contributed by atoms with Crippen LogP contribution >= 0.6 is 0 Å². The molecule has 192 valence electrons. The highest BCUT2D eigenvalue weighted by Crippen LogP contribution is 2.38. The lowest BCUT2D eigenvalue weighted by Gasteiger charge is -2.32. The number of nitrogens with one attached hydrogen (secondary N) is 2. The van der Waals surface area contributed by atoms with Crippen molar-refractivity contribution in [2.45, 2.75) is 101 Å². The number of carbonyl (C=O) groups excluding carboxylic acids is 1. The molecule has 3 rings (SSSR count). The molecule has 0 spiro atoms. The quantitative estimate of drug-likeness (QED) is 0.421. The minimum Gasteiger partial charge on any atom is -0.399 e. The van der Waals surface area contributed by atoms with Gasteiger partial charge in [0.05, 0.1) is 23.3 Å². The number of carbonyl (C=O) groups is 1. The van der Waals surface area contributed by atoms with Crippen molar-refractivity contribution in [2.24, 2.45) is 0 Å². The largest absolute Gasteiger partial charge is 0.494 e. The highest BCUT2D eigenvalue weighted by Gasteiger charge is 2.52. The summed E-state index contributed by atoms with van der Waals surface area (Å²) in [4.78, 5) is 12.8. The van der Waals surface area contributed by atoms with E-state index in [2.05, 4.69) is 10.6 Å². The third-order valence-electron chi connectivity index (χ3n) is 6.82. The molecule has 0 aromatic heterocycles. The number of alkyl halides is 4. The number of rotatable bonds is 8. The molecule has 0 unspecified atom stereocenters. The first-order valence-electron chi connectivity index (χ1n) is 11.6. The Hall–Kier alpha value is -2.16. The minimum atomic E-state index is -4.77. The second-order valence-corrected chi connectivity index (χ2v) is 11.1. The van der Waals surface area contributed by atoms with Crippen LogP contribution in [-0.2, 0) is 14.1 Å². The smallest absolute Gasteiger partial charge is 0.399 e. The van der Waals surface area contributed by atoms with Crippen LogP contribution in [0.4, 0.5) is 17.6 Å². The van der Waals surface area contributed by atoms with Crippen molar-refractivity contribution >= 4 is 18.5 Å².